The molecule has 0 radical (unpaired) electrons. The van der Waals surface area contributed by atoms with Crippen molar-refractivity contribution < 1.29 is 23.9 Å². The molecule has 10 heteroatoms. The van der Waals surface area contributed by atoms with Crippen molar-refractivity contribution in [2.75, 3.05) is 12.4 Å². The lowest BCUT2D eigenvalue weighted by molar-refractivity contribution is -0.147. The SMILES string of the molecule is COC(=O)[C@H]1CC[C@H](Oc2ncc(NC(=O)C(=O)NN)cc2Cl)CC1. The minimum Gasteiger partial charge on any atom is -0.473 e. The first-order chi connectivity index (χ1) is 11.9. The van der Waals surface area contributed by atoms with E-state index >= 15 is 0 Å². The molecule has 0 aromatic carbocycles. The molecule has 0 atom stereocenters. The highest BCUT2D eigenvalue weighted by atomic mass is 35.5. The lowest BCUT2D eigenvalue weighted by Crippen LogP contribution is -2.39. The van der Waals surface area contributed by atoms with Crippen LogP contribution in [-0.2, 0) is 19.1 Å². The fourth-order valence-corrected chi connectivity index (χ4v) is 2.79. The minimum absolute atomic E-state index is 0.0976. The van der Waals surface area contributed by atoms with Crippen LogP contribution in [0.1, 0.15) is 25.7 Å². The van der Waals surface area contributed by atoms with Gasteiger partial charge in [-0.2, -0.15) is 0 Å². The van der Waals surface area contributed by atoms with Gasteiger partial charge in [-0.3, -0.25) is 19.8 Å². The van der Waals surface area contributed by atoms with Crippen molar-refractivity contribution in [2.24, 2.45) is 11.8 Å². The second kappa shape index (κ2) is 8.63. The van der Waals surface area contributed by atoms with Gasteiger partial charge in [0.1, 0.15) is 11.1 Å². The van der Waals surface area contributed by atoms with Crippen LogP contribution in [-0.4, -0.2) is 36.0 Å². The number of hydrogen-bond donors (Lipinski definition) is 3. The van der Waals surface area contributed by atoms with E-state index in [0.29, 0.717) is 25.7 Å². The molecular weight excluding hydrogens is 352 g/mol. The summed E-state index contributed by atoms with van der Waals surface area (Å²) < 4.78 is 10.5. The van der Waals surface area contributed by atoms with Crippen LogP contribution in [0.2, 0.25) is 5.02 Å². The number of methoxy groups -OCH3 is 1. The van der Waals surface area contributed by atoms with Crippen molar-refractivity contribution in [1.82, 2.24) is 10.4 Å². The van der Waals surface area contributed by atoms with E-state index in [0.717, 1.165) is 0 Å². The van der Waals surface area contributed by atoms with Gasteiger partial charge in [-0.25, -0.2) is 10.8 Å². The third kappa shape index (κ3) is 5.04. The van der Waals surface area contributed by atoms with Crippen molar-refractivity contribution >= 4 is 35.1 Å². The molecule has 1 saturated carbocycles. The van der Waals surface area contributed by atoms with Gasteiger partial charge >= 0.3 is 17.8 Å². The van der Waals surface area contributed by atoms with Crippen LogP contribution in [0.15, 0.2) is 12.3 Å². The van der Waals surface area contributed by atoms with E-state index in [1.807, 2.05) is 0 Å². The number of carbonyl (C=O) groups is 3. The van der Waals surface area contributed by atoms with Crippen LogP contribution in [0.25, 0.3) is 0 Å². The Morgan fingerprint density at radius 2 is 1.92 bits per heavy atom. The number of rotatable bonds is 4. The quantitative estimate of drug-likeness (QED) is 0.234. The summed E-state index contributed by atoms with van der Waals surface area (Å²) in [5, 5.41) is 2.50. The molecule has 2 rings (SSSR count). The fourth-order valence-electron chi connectivity index (χ4n) is 2.57. The van der Waals surface area contributed by atoms with E-state index in [4.69, 9.17) is 26.9 Å². The number of nitrogens with one attached hydrogen (secondary N) is 2. The fraction of sp³-hybridized carbons (Fsp3) is 0.467. The molecule has 1 fully saturated rings. The van der Waals surface area contributed by atoms with Crippen molar-refractivity contribution in [3.63, 3.8) is 0 Å². The largest absolute Gasteiger partial charge is 0.473 e. The van der Waals surface area contributed by atoms with Gasteiger partial charge in [-0.05, 0) is 31.7 Å². The molecule has 9 nitrogen and oxygen atoms in total. The van der Waals surface area contributed by atoms with Gasteiger partial charge < -0.3 is 14.8 Å². The minimum atomic E-state index is -0.987. The highest BCUT2D eigenvalue weighted by molar-refractivity contribution is 6.39. The van der Waals surface area contributed by atoms with Gasteiger partial charge in [0, 0.05) is 0 Å². The van der Waals surface area contributed by atoms with Crippen molar-refractivity contribution in [2.45, 2.75) is 31.8 Å². The Morgan fingerprint density at radius 3 is 2.48 bits per heavy atom. The molecule has 25 heavy (non-hydrogen) atoms. The standard InChI is InChI=1S/C15H19ClN4O5/c1-24-15(23)8-2-4-10(5-3-8)25-14-11(16)6-9(7-18-14)19-12(21)13(22)20-17/h6-8,10H,2-5,17H2,1H3,(H,19,21)(H,20,22)/t8-,10-. The number of hydrogen-bond acceptors (Lipinski definition) is 7. The van der Waals surface area contributed by atoms with Crippen LogP contribution in [0, 0.1) is 5.92 Å². The van der Waals surface area contributed by atoms with Crippen LogP contribution >= 0.6 is 11.6 Å². The topological polar surface area (TPSA) is 133 Å². The Balaban J connectivity index is 1.92. The number of nitrogens with zero attached hydrogens (tertiary/aromatic N) is 1. The lowest BCUT2D eigenvalue weighted by Gasteiger charge is -2.27. The maximum Gasteiger partial charge on any atom is 0.323 e. The average molecular weight is 371 g/mol. The Morgan fingerprint density at radius 1 is 1.24 bits per heavy atom. The number of aromatic nitrogens is 1. The van der Waals surface area contributed by atoms with Gasteiger partial charge in [0.25, 0.3) is 0 Å². The molecule has 136 valence electrons. The zero-order chi connectivity index (χ0) is 18.4. The number of halogens is 1. The number of carbonyl (C=O) groups excluding carboxylic acids is 3. The van der Waals surface area contributed by atoms with Crippen molar-refractivity contribution in [1.29, 1.82) is 0 Å². The maximum atomic E-state index is 11.5. The smallest absolute Gasteiger partial charge is 0.323 e. The molecule has 0 saturated heterocycles. The number of esters is 1. The predicted molar refractivity (Wildman–Crippen MR) is 88.6 cm³/mol. The molecule has 1 aliphatic rings. The summed E-state index contributed by atoms with van der Waals surface area (Å²) in [4.78, 5) is 38.1. The van der Waals surface area contributed by atoms with Gasteiger partial charge in [0.2, 0.25) is 5.88 Å². The zero-order valence-corrected chi connectivity index (χ0v) is 14.3. The van der Waals surface area contributed by atoms with Crippen LogP contribution in [0.3, 0.4) is 0 Å². The third-order valence-corrected chi connectivity index (χ3v) is 4.16. The van der Waals surface area contributed by atoms with Gasteiger partial charge in [0.05, 0.1) is 24.9 Å². The van der Waals surface area contributed by atoms with Gasteiger partial charge in [-0.1, -0.05) is 11.6 Å². The predicted octanol–water partition coefficient (Wildman–Crippen LogP) is 0.774. The zero-order valence-electron chi connectivity index (χ0n) is 13.6. The first-order valence-corrected chi connectivity index (χ1v) is 8.04. The summed E-state index contributed by atoms with van der Waals surface area (Å²) in [6.07, 6.45) is 3.95. The van der Waals surface area contributed by atoms with E-state index in [1.54, 1.807) is 5.43 Å². The van der Waals surface area contributed by atoms with E-state index in [9.17, 15) is 14.4 Å². The number of amides is 2. The van der Waals surface area contributed by atoms with E-state index in [1.165, 1.54) is 19.4 Å². The molecule has 1 aliphatic carbocycles. The Hall–Kier alpha value is -2.39. The van der Waals surface area contributed by atoms with Crippen LogP contribution in [0.4, 0.5) is 5.69 Å². The van der Waals surface area contributed by atoms with Crippen LogP contribution < -0.4 is 21.3 Å². The molecule has 0 aliphatic heterocycles. The molecule has 0 bridgehead atoms. The summed E-state index contributed by atoms with van der Waals surface area (Å²) in [5.41, 5.74) is 1.96. The summed E-state index contributed by atoms with van der Waals surface area (Å²) in [6, 6.07) is 1.42. The Bertz CT molecular complexity index is 661. The van der Waals surface area contributed by atoms with E-state index in [2.05, 4.69) is 10.3 Å². The molecule has 4 N–H and O–H groups in total. The average Bonchev–Trinajstić information content (AvgIpc) is 2.63. The second-order valence-corrected chi connectivity index (χ2v) is 5.96. The Kier molecular flexibility index (Phi) is 6.54. The highest BCUT2D eigenvalue weighted by Crippen LogP contribution is 2.31. The van der Waals surface area contributed by atoms with Crippen LogP contribution in [0.5, 0.6) is 5.88 Å². The second-order valence-electron chi connectivity index (χ2n) is 5.55. The molecular formula is C15H19ClN4O5. The Labute approximate surface area is 149 Å². The molecule has 1 aromatic heterocycles. The number of anilines is 1. The first kappa shape index (κ1) is 18.9. The molecule has 0 spiro atoms. The molecule has 1 heterocycles. The number of pyridine rings is 1. The lowest BCUT2D eigenvalue weighted by atomic mass is 9.87. The molecule has 1 aromatic rings. The van der Waals surface area contributed by atoms with Crippen molar-refractivity contribution in [3.05, 3.63) is 17.3 Å². The van der Waals surface area contributed by atoms with E-state index < -0.39 is 11.8 Å². The number of hydrazine groups is 1. The summed E-state index contributed by atoms with van der Waals surface area (Å²) in [7, 11) is 1.38. The van der Waals surface area contributed by atoms with Gasteiger partial charge in [0.15, 0.2) is 0 Å². The maximum absolute atomic E-state index is 11.5. The monoisotopic (exact) mass is 370 g/mol. The normalized spacial score (nSPS) is 19.6. The molecule has 0 unspecified atom stereocenters. The summed E-state index contributed by atoms with van der Waals surface area (Å²) in [6.45, 7) is 0. The van der Waals surface area contributed by atoms with Gasteiger partial charge in [-0.15, -0.1) is 0 Å². The third-order valence-electron chi connectivity index (χ3n) is 3.89. The highest BCUT2D eigenvalue weighted by Gasteiger charge is 2.28. The number of nitrogens with two attached hydrogens (primary N) is 1. The number of ether oxygens (including phenoxy) is 2. The molecule has 2 amide bonds. The first-order valence-electron chi connectivity index (χ1n) is 7.66. The van der Waals surface area contributed by atoms with E-state index in [-0.39, 0.29) is 34.6 Å². The van der Waals surface area contributed by atoms with Crippen molar-refractivity contribution in [3.8, 4) is 5.88 Å². The summed E-state index contributed by atoms with van der Waals surface area (Å²) in [5.74, 6) is 2.88. The summed E-state index contributed by atoms with van der Waals surface area (Å²) >= 11 is 6.11.